The van der Waals surface area contributed by atoms with Crippen molar-refractivity contribution in [3.8, 4) is 11.5 Å². The normalized spacial score (nSPS) is 10.4. The number of anilines is 1. The molecular weight excluding hydrogens is 356 g/mol. The second-order valence-electron chi connectivity index (χ2n) is 6.27. The van der Waals surface area contributed by atoms with Gasteiger partial charge in [0.2, 0.25) is 0 Å². The molecule has 0 atom stereocenters. The summed E-state index contributed by atoms with van der Waals surface area (Å²) in [4.78, 5) is 17.6. The van der Waals surface area contributed by atoms with Gasteiger partial charge >= 0.3 is 5.97 Å². The Balaban J connectivity index is 1.91. The average Bonchev–Trinajstić information content (AvgIpc) is 2.73. The number of hydrogen-bond donors (Lipinski definition) is 1. The highest BCUT2D eigenvalue weighted by Gasteiger charge is 2.12. The molecule has 2 aromatic carbocycles. The Morgan fingerprint density at radius 3 is 1.93 bits per heavy atom. The molecule has 0 bridgehead atoms. The van der Waals surface area contributed by atoms with Crippen molar-refractivity contribution in [1.29, 1.82) is 0 Å². The van der Waals surface area contributed by atoms with E-state index in [0.29, 0.717) is 18.9 Å². The number of pyridine rings is 1. The smallest absolute Gasteiger partial charge is 0.337 e. The molecule has 6 nitrogen and oxygen atoms in total. The molecule has 3 aromatic rings. The average molecular weight is 378 g/mol. The summed E-state index contributed by atoms with van der Waals surface area (Å²) in [5, 5.41) is 9.12. The number of carbonyl (C=O) groups is 1. The minimum Gasteiger partial charge on any atom is -0.497 e. The standard InChI is InChI=1S/C22H22N2O4/c1-27-19-7-3-5-16(11-19)14-24(15-17-6-4-8-20(12-17)28-2)21-10-9-18(13-23-21)22(25)26/h3-13H,14-15H2,1-2H3,(H,25,26). The van der Waals surface area contributed by atoms with Crippen molar-refractivity contribution in [2.24, 2.45) is 0 Å². The van der Waals surface area contributed by atoms with Crippen LogP contribution in [0, 0.1) is 0 Å². The van der Waals surface area contributed by atoms with E-state index in [9.17, 15) is 4.79 Å². The maximum absolute atomic E-state index is 11.1. The van der Waals surface area contributed by atoms with E-state index >= 15 is 0 Å². The predicted octanol–water partition coefficient (Wildman–Crippen LogP) is 4.00. The van der Waals surface area contributed by atoms with Gasteiger partial charge in [-0.15, -0.1) is 0 Å². The van der Waals surface area contributed by atoms with Crippen LogP contribution < -0.4 is 14.4 Å². The van der Waals surface area contributed by atoms with E-state index in [1.165, 1.54) is 6.20 Å². The molecule has 28 heavy (non-hydrogen) atoms. The van der Waals surface area contributed by atoms with Gasteiger partial charge in [0.1, 0.15) is 17.3 Å². The van der Waals surface area contributed by atoms with Crippen LogP contribution in [0.3, 0.4) is 0 Å². The molecule has 0 aliphatic carbocycles. The maximum atomic E-state index is 11.1. The van der Waals surface area contributed by atoms with Gasteiger partial charge in [-0.2, -0.15) is 0 Å². The molecule has 1 heterocycles. The summed E-state index contributed by atoms with van der Waals surface area (Å²) in [6.07, 6.45) is 1.38. The summed E-state index contributed by atoms with van der Waals surface area (Å²) in [6.45, 7) is 1.18. The van der Waals surface area contributed by atoms with Gasteiger partial charge in [0.05, 0.1) is 19.8 Å². The van der Waals surface area contributed by atoms with E-state index in [1.54, 1.807) is 26.4 Å². The maximum Gasteiger partial charge on any atom is 0.337 e. The minimum atomic E-state index is -0.994. The van der Waals surface area contributed by atoms with Crippen LogP contribution >= 0.6 is 0 Å². The van der Waals surface area contributed by atoms with Gasteiger partial charge in [0.15, 0.2) is 0 Å². The van der Waals surface area contributed by atoms with Crippen LogP contribution in [0.5, 0.6) is 11.5 Å². The lowest BCUT2D eigenvalue weighted by Crippen LogP contribution is -2.23. The zero-order valence-corrected chi connectivity index (χ0v) is 15.8. The number of aromatic carboxylic acids is 1. The third-order valence-electron chi connectivity index (χ3n) is 4.33. The first-order valence-electron chi connectivity index (χ1n) is 8.79. The van der Waals surface area contributed by atoms with Crippen LogP contribution in [0.4, 0.5) is 5.82 Å². The van der Waals surface area contributed by atoms with E-state index in [1.807, 2.05) is 48.5 Å². The van der Waals surface area contributed by atoms with Gasteiger partial charge in [-0.3, -0.25) is 0 Å². The first kappa shape index (κ1) is 19.2. The summed E-state index contributed by atoms with van der Waals surface area (Å²) in [7, 11) is 3.28. The Labute approximate surface area is 164 Å². The molecular formula is C22H22N2O4. The summed E-state index contributed by atoms with van der Waals surface area (Å²) in [5.41, 5.74) is 2.28. The molecule has 0 aliphatic heterocycles. The molecule has 0 aliphatic rings. The van der Waals surface area contributed by atoms with E-state index in [0.717, 1.165) is 22.6 Å². The number of methoxy groups -OCH3 is 2. The number of rotatable bonds is 8. The fourth-order valence-electron chi connectivity index (χ4n) is 2.90. The Morgan fingerprint density at radius 1 is 0.929 bits per heavy atom. The third-order valence-corrected chi connectivity index (χ3v) is 4.33. The van der Waals surface area contributed by atoms with E-state index in [2.05, 4.69) is 9.88 Å². The molecule has 6 heteroatoms. The molecule has 0 spiro atoms. The molecule has 3 rings (SSSR count). The second-order valence-corrected chi connectivity index (χ2v) is 6.27. The summed E-state index contributed by atoms with van der Waals surface area (Å²) in [6, 6.07) is 19.0. The van der Waals surface area contributed by atoms with Gasteiger partial charge in [-0.05, 0) is 47.5 Å². The Kier molecular flexibility index (Phi) is 6.11. The highest BCUT2D eigenvalue weighted by molar-refractivity contribution is 5.87. The number of carboxylic acids is 1. The monoisotopic (exact) mass is 378 g/mol. The van der Waals surface area contributed by atoms with E-state index < -0.39 is 5.97 Å². The number of carboxylic acid groups (broad SMARTS) is 1. The summed E-state index contributed by atoms with van der Waals surface area (Å²) < 4.78 is 10.6. The molecule has 0 unspecified atom stereocenters. The topological polar surface area (TPSA) is 71.9 Å². The summed E-state index contributed by atoms with van der Waals surface area (Å²) >= 11 is 0. The number of hydrogen-bond acceptors (Lipinski definition) is 5. The van der Waals surface area contributed by atoms with Crippen molar-refractivity contribution in [3.63, 3.8) is 0 Å². The fourth-order valence-corrected chi connectivity index (χ4v) is 2.90. The first-order valence-corrected chi connectivity index (χ1v) is 8.79. The number of ether oxygens (including phenoxy) is 2. The zero-order chi connectivity index (χ0) is 19.9. The van der Waals surface area contributed by atoms with Gasteiger partial charge in [0, 0.05) is 19.3 Å². The molecule has 0 saturated carbocycles. The first-order chi connectivity index (χ1) is 13.6. The highest BCUT2D eigenvalue weighted by atomic mass is 16.5. The van der Waals surface area contributed by atoms with Crippen LogP contribution in [0.15, 0.2) is 66.9 Å². The van der Waals surface area contributed by atoms with Crippen LogP contribution in [0.1, 0.15) is 21.5 Å². The van der Waals surface area contributed by atoms with E-state index in [-0.39, 0.29) is 5.56 Å². The second kappa shape index (κ2) is 8.90. The van der Waals surface area contributed by atoms with Gasteiger partial charge in [0.25, 0.3) is 0 Å². The third kappa shape index (κ3) is 4.79. The lowest BCUT2D eigenvalue weighted by atomic mass is 10.1. The van der Waals surface area contributed by atoms with Crippen molar-refractivity contribution < 1.29 is 19.4 Å². The van der Waals surface area contributed by atoms with Crippen molar-refractivity contribution in [2.75, 3.05) is 19.1 Å². The molecule has 0 radical (unpaired) electrons. The highest BCUT2D eigenvalue weighted by Crippen LogP contribution is 2.22. The molecule has 144 valence electrons. The van der Waals surface area contributed by atoms with Crippen molar-refractivity contribution in [2.45, 2.75) is 13.1 Å². The van der Waals surface area contributed by atoms with Gasteiger partial charge in [-0.1, -0.05) is 24.3 Å². The van der Waals surface area contributed by atoms with Gasteiger partial charge < -0.3 is 19.5 Å². The van der Waals surface area contributed by atoms with Crippen LogP contribution in [-0.2, 0) is 13.1 Å². The molecule has 0 amide bonds. The molecule has 0 fully saturated rings. The molecule has 1 aromatic heterocycles. The Morgan fingerprint density at radius 2 is 1.50 bits per heavy atom. The van der Waals surface area contributed by atoms with Crippen molar-refractivity contribution in [3.05, 3.63) is 83.6 Å². The molecule has 0 saturated heterocycles. The largest absolute Gasteiger partial charge is 0.497 e. The number of benzene rings is 2. The van der Waals surface area contributed by atoms with Crippen molar-refractivity contribution >= 4 is 11.8 Å². The fraction of sp³-hybridized carbons (Fsp3) is 0.182. The zero-order valence-electron chi connectivity index (χ0n) is 15.8. The Hall–Kier alpha value is -3.54. The van der Waals surface area contributed by atoms with Crippen molar-refractivity contribution in [1.82, 2.24) is 4.98 Å². The van der Waals surface area contributed by atoms with Crippen LogP contribution in [-0.4, -0.2) is 30.3 Å². The van der Waals surface area contributed by atoms with Crippen LogP contribution in [0.25, 0.3) is 0 Å². The van der Waals surface area contributed by atoms with E-state index in [4.69, 9.17) is 14.6 Å². The summed E-state index contributed by atoms with van der Waals surface area (Å²) in [5.74, 6) is 1.27. The Bertz CT molecular complexity index is 892. The number of nitrogens with zero attached hydrogens (tertiary/aromatic N) is 2. The lowest BCUT2D eigenvalue weighted by Gasteiger charge is -2.24. The minimum absolute atomic E-state index is 0.159. The van der Waals surface area contributed by atoms with Crippen LogP contribution in [0.2, 0.25) is 0 Å². The SMILES string of the molecule is COc1cccc(CN(Cc2cccc(OC)c2)c2ccc(C(=O)O)cn2)c1. The molecule has 1 N–H and O–H groups in total. The number of aromatic nitrogens is 1. The quantitative estimate of drug-likeness (QED) is 0.639. The lowest BCUT2D eigenvalue weighted by molar-refractivity contribution is 0.0696. The predicted molar refractivity (Wildman–Crippen MR) is 107 cm³/mol. The van der Waals surface area contributed by atoms with Gasteiger partial charge in [-0.25, -0.2) is 9.78 Å².